The Morgan fingerprint density at radius 3 is 2.47 bits per heavy atom. The van der Waals surface area contributed by atoms with E-state index in [0.29, 0.717) is 17.9 Å². The second kappa shape index (κ2) is 8.57. The molecule has 0 bridgehead atoms. The molecular weight excluding hydrogens is 384 g/mol. The van der Waals surface area contributed by atoms with Crippen LogP contribution in [0.5, 0.6) is 0 Å². The number of thiophene rings is 1. The van der Waals surface area contributed by atoms with E-state index in [-0.39, 0.29) is 0 Å². The van der Waals surface area contributed by atoms with Crippen molar-refractivity contribution in [2.45, 2.75) is 6.04 Å². The molecule has 0 amide bonds. The van der Waals surface area contributed by atoms with Crippen molar-refractivity contribution in [2.24, 2.45) is 17.6 Å². The molecule has 2 nitrogen and oxygen atoms in total. The Kier molecular flexibility index (Phi) is 5.87. The van der Waals surface area contributed by atoms with Crippen molar-refractivity contribution in [1.82, 2.24) is 5.32 Å². The van der Waals surface area contributed by atoms with E-state index >= 15 is 0 Å². The maximum Gasteiger partial charge on any atom is 0.0355 e. The molecule has 0 saturated heterocycles. The van der Waals surface area contributed by atoms with Crippen LogP contribution in [-0.4, -0.2) is 20.1 Å². The van der Waals surface area contributed by atoms with Gasteiger partial charge < -0.3 is 11.1 Å². The van der Waals surface area contributed by atoms with Crippen LogP contribution in [0, 0.1) is 11.8 Å². The van der Waals surface area contributed by atoms with Crippen LogP contribution in [0.3, 0.4) is 0 Å². The number of allylic oxidation sites excluding steroid dienone is 3. The third-order valence-corrected chi connectivity index (χ3v) is 7.16. The maximum atomic E-state index is 4.50. The Hall–Kier alpha value is -2.72. The maximum absolute atomic E-state index is 4.50. The molecule has 0 spiro atoms. The predicted octanol–water partition coefficient (Wildman–Crippen LogP) is 6.13. The van der Waals surface area contributed by atoms with Crippen LogP contribution in [-0.2, 0) is 0 Å². The largest absolute Gasteiger partial charge is 0.333 e. The highest BCUT2D eigenvalue weighted by atomic mass is 32.1. The third-order valence-electron chi connectivity index (χ3n) is 6.00. The molecule has 152 valence electrons. The second-order valence-electron chi connectivity index (χ2n) is 7.55. The zero-order chi connectivity index (χ0) is 21.3. The smallest absolute Gasteiger partial charge is 0.0355 e. The summed E-state index contributed by atoms with van der Waals surface area (Å²) in [7, 11) is 3.55. The number of benzene rings is 2. The van der Waals surface area contributed by atoms with Crippen molar-refractivity contribution >= 4 is 33.1 Å². The number of hydrogen-bond donors (Lipinski definition) is 2. The lowest BCUT2D eigenvalue weighted by atomic mass is 9.90. The van der Waals surface area contributed by atoms with Gasteiger partial charge in [-0.05, 0) is 77.6 Å². The van der Waals surface area contributed by atoms with Crippen molar-refractivity contribution in [2.75, 3.05) is 14.1 Å². The van der Waals surface area contributed by atoms with E-state index in [1.54, 1.807) is 0 Å². The fourth-order valence-electron chi connectivity index (χ4n) is 4.53. The molecule has 1 fully saturated rings. The molecule has 1 aromatic heterocycles. The van der Waals surface area contributed by atoms with Crippen molar-refractivity contribution in [1.29, 1.82) is 0 Å². The van der Waals surface area contributed by atoms with Crippen LogP contribution in [0.15, 0.2) is 85.5 Å². The lowest BCUT2D eigenvalue weighted by Crippen LogP contribution is -2.12. The van der Waals surface area contributed by atoms with Gasteiger partial charge in [0.1, 0.15) is 0 Å². The van der Waals surface area contributed by atoms with Gasteiger partial charge in [0.2, 0.25) is 0 Å². The topological polar surface area (TPSA) is 38.0 Å². The molecule has 3 unspecified atom stereocenters. The van der Waals surface area contributed by atoms with Crippen molar-refractivity contribution in [3.05, 3.63) is 96.6 Å². The molecule has 30 heavy (non-hydrogen) atoms. The summed E-state index contributed by atoms with van der Waals surface area (Å²) in [4.78, 5) is 1.30. The van der Waals surface area contributed by atoms with E-state index in [0.717, 1.165) is 5.56 Å². The highest BCUT2D eigenvalue weighted by Gasteiger charge is 2.50. The average Bonchev–Trinajstić information content (AvgIpc) is 3.36. The molecule has 3 aromatic rings. The van der Waals surface area contributed by atoms with E-state index in [2.05, 4.69) is 91.9 Å². The van der Waals surface area contributed by atoms with Crippen molar-refractivity contribution in [3.63, 3.8) is 0 Å². The molecule has 1 saturated carbocycles. The summed E-state index contributed by atoms with van der Waals surface area (Å²) in [5.74, 6) is 1.15. The first-order valence-electron chi connectivity index (χ1n) is 10.3. The van der Waals surface area contributed by atoms with Gasteiger partial charge >= 0.3 is 0 Å². The molecule has 3 atom stereocenters. The quantitative estimate of drug-likeness (QED) is 0.529. The van der Waals surface area contributed by atoms with Gasteiger partial charge in [-0.25, -0.2) is 0 Å². The van der Waals surface area contributed by atoms with Gasteiger partial charge in [-0.15, -0.1) is 11.3 Å². The first-order valence-corrected chi connectivity index (χ1v) is 11.1. The SMILES string of the molecule is C=CC1=C(c2cc(C=C)cc(-c3cc4ccccc4s3)c2)C=CC2C(NC)C12.CN. The number of nitrogens with two attached hydrogens (primary N) is 1. The van der Waals surface area contributed by atoms with E-state index in [1.807, 2.05) is 23.5 Å². The van der Waals surface area contributed by atoms with E-state index in [4.69, 9.17) is 0 Å². The molecular formula is C27H28N2S. The van der Waals surface area contributed by atoms with E-state index in [9.17, 15) is 0 Å². The summed E-state index contributed by atoms with van der Waals surface area (Å²) in [6, 6.07) is 18.2. The zero-order valence-electron chi connectivity index (χ0n) is 17.6. The molecule has 3 heteroatoms. The molecule has 0 aliphatic heterocycles. The molecule has 2 aromatic carbocycles. The normalized spacial score (nSPS) is 21.6. The molecule has 2 aliphatic rings. The van der Waals surface area contributed by atoms with Crippen LogP contribution in [0.2, 0.25) is 0 Å². The van der Waals surface area contributed by atoms with E-state index < -0.39 is 0 Å². The third kappa shape index (κ3) is 3.50. The van der Waals surface area contributed by atoms with Crippen LogP contribution >= 0.6 is 11.3 Å². The first kappa shape index (κ1) is 20.5. The van der Waals surface area contributed by atoms with Gasteiger partial charge in [0.15, 0.2) is 0 Å². The molecule has 0 radical (unpaired) electrons. The van der Waals surface area contributed by atoms with Gasteiger partial charge in [0.25, 0.3) is 0 Å². The lowest BCUT2D eigenvalue weighted by molar-refractivity contribution is 0.756. The molecule has 2 aliphatic carbocycles. The Bertz CT molecular complexity index is 1130. The molecule has 3 N–H and O–H groups in total. The monoisotopic (exact) mass is 412 g/mol. The van der Waals surface area contributed by atoms with Crippen molar-refractivity contribution < 1.29 is 0 Å². The number of fused-ring (bicyclic) bond motifs is 2. The standard InChI is InChI=1S/C26H23NS.CH5N/c1-4-16-12-18(21-10-11-22-25(20(21)5-2)26(22)27-3)14-19(13-16)24-15-17-8-6-7-9-23(17)28-24;1-2/h4-15,22,25-27H,1-2H2,3H3;2H2,1H3. The first-order chi connectivity index (χ1) is 14.7. The lowest BCUT2D eigenvalue weighted by Gasteiger charge is -2.15. The summed E-state index contributed by atoms with van der Waals surface area (Å²) in [5, 5.41) is 4.74. The van der Waals surface area contributed by atoms with Crippen LogP contribution < -0.4 is 11.1 Å². The number of hydrogen-bond acceptors (Lipinski definition) is 3. The predicted molar refractivity (Wildman–Crippen MR) is 134 cm³/mol. The van der Waals surface area contributed by atoms with Crippen molar-refractivity contribution in [3.8, 4) is 10.4 Å². The summed E-state index contributed by atoms with van der Waals surface area (Å²) in [5.41, 5.74) is 10.8. The fourth-order valence-corrected chi connectivity index (χ4v) is 5.58. The Labute approximate surface area is 183 Å². The minimum atomic E-state index is 0.534. The highest BCUT2D eigenvalue weighted by molar-refractivity contribution is 7.22. The summed E-state index contributed by atoms with van der Waals surface area (Å²) in [6.45, 7) is 8.14. The zero-order valence-corrected chi connectivity index (χ0v) is 18.4. The van der Waals surface area contributed by atoms with Crippen LogP contribution in [0.25, 0.3) is 32.2 Å². The van der Waals surface area contributed by atoms with Crippen LogP contribution in [0.4, 0.5) is 0 Å². The van der Waals surface area contributed by atoms with Gasteiger partial charge in [0.05, 0.1) is 0 Å². The summed E-state index contributed by atoms with van der Waals surface area (Å²) >= 11 is 1.85. The van der Waals surface area contributed by atoms with Crippen LogP contribution in [0.1, 0.15) is 11.1 Å². The fraction of sp³-hybridized carbons (Fsp3) is 0.185. The Balaban J connectivity index is 0.00000106. The highest BCUT2D eigenvalue weighted by Crippen LogP contribution is 2.51. The molecule has 5 rings (SSSR count). The van der Waals surface area contributed by atoms with Gasteiger partial charge in [-0.3, -0.25) is 0 Å². The number of nitrogens with one attached hydrogen (secondary N) is 1. The Morgan fingerprint density at radius 2 is 1.77 bits per heavy atom. The minimum Gasteiger partial charge on any atom is -0.333 e. The second-order valence-corrected chi connectivity index (χ2v) is 8.63. The van der Waals surface area contributed by atoms with Gasteiger partial charge in [-0.2, -0.15) is 0 Å². The molecule has 1 heterocycles. The number of rotatable bonds is 5. The Morgan fingerprint density at radius 1 is 1.00 bits per heavy atom. The summed E-state index contributed by atoms with van der Waals surface area (Å²) in [6.07, 6.45) is 8.63. The van der Waals surface area contributed by atoms with Gasteiger partial charge in [0, 0.05) is 27.5 Å². The summed E-state index contributed by atoms with van der Waals surface area (Å²) < 4.78 is 1.32. The van der Waals surface area contributed by atoms with E-state index in [1.165, 1.54) is 44.3 Å². The minimum absolute atomic E-state index is 0.534. The average molecular weight is 413 g/mol. The van der Waals surface area contributed by atoms with Gasteiger partial charge in [-0.1, -0.05) is 55.7 Å².